The number of aromatic nitrogens is 4. The Balaban J connectivity index is 1.61. The van der Waals surface area contributed by atoms with E-state index in [0.29, 0.717) is 52.3 Å². The van der Waals surface area contributed by atoms with E-state index < -0.39 is 0 Å². The molecule has 2 aromatic heterocycles. The Morgan fingerprint density at radius 3 is 2.84 bits per heavy atom. The average molecular weight is 531 g/mol. The number of carbonyl (C=O) groups excluding carboxylic acids is 2. The molecule has 0 aliphatic carbocycles. The number of hydrogen-bond donors (Lipinski definition) is 1. The normalized spacial score (nSPS) is 15.6. The van der Waals surface area contributed by atoms with E-state index in [2.05, 4.69) is 21.9 Å². The summed E-state index contributed by atoms with van der Waals surface area (Å²) in [5.74, 6) is 0.670. The Bertz CT molecular complexity index is 1500. The first-order valence-corrected chi connectivity index (χ1v) is 12.8. The summed E-state index contributed by atoms with van der Waals surface area (Å²) in [6.45, 7) is 6.65. The van der Waals surface area contributed by atoms with Crippen molar-refractivity contribution in [1.29, 1.82) is 0 Å². The number of amides is 2. The van der Waals surface area contributed by atoms with Crippen molar-refractivity contribution in [2.24, 2.45) is 0 Å². The Morgan fingerprint density at radius 1 is 1.21 bits per heavy atom. The van der Waals surface area contributed by atoms with Gasteiger partial charge in [-0.25, -0.2) is 15.0 Å². The number of hydrogen-bond acceptors (Lipinski definition) is 6. The highest BCUT2D eigenvalue weighted by atomic mass is 35.5. The van der Waals surface area contributed by atoms with Crippen LogP contribution in [0.3, 0.4) is 0 Å². The first kappa shape index (κ1) is 25.4. The summed E-state index contributed by atoms with van der Waals surface area (Å²) in [5.41, 5.74) is 2.70. The van der Waals surface area contributed by atoms with Crippen LogP contribution in [0.4, 0.5) is 5.95 Å². The quantitative estimate of drug-likeness (QED) is 0.327. The number of imidazole rings is 1. The van der Waals surface area contributed by atoms with Gasteiger partial charge < -0.3 is 14.2 Å². The molecular weight excluding hydrogens is 504 g/mol. The number of nitrogens with one attached hydrogen (secondary N) is 1. The van der Waals surface area contributed by atoms with Crippen molar-refractivity contribution < 1.29 is 14.3 Å². The van der Waals surface area contributed by atoms with Crippen LogP contribution in [0.15, 0.2) is 67.6 Å². The predicted molar refractivity (Wildman–Crippen MR) is 146 cm³/mol. The van der Waals surface area contributed by atoms with Gasteiger partial charge in [-0.3, -0.25) is 14.9 Å². The third kappa shape index (κ3) is 5.24. The molecule has 1 atom stereocenters. The van der Waals surface area contributed by atoms with Gasteiger partial charge in [0.25, 0.3) is 5.91 Å². The molecule has 1 N–H and O–H groups in total. The van der Waals surface area contributed by atoms with Crippen molar-refractivity contribution in [2.75, 3.05) is 18.4 Å². The molecule has 1 aliphatic heterocycles. The van der Waals surface area contributed by atoms with Crippen LogP contribution in [-0.2, 0) is 4.79 Å². The second kappa shape index (κ2) is 11.0. The van der Waals surface area contributed by atoms with Gasteiger partial charge in [0.1, 0.15) is 17.1 Å². The summed E-state index contributed by atoms with van der Waals surface area (Å²) in [6, 6.07) is 12.3. The molecule has 9 nitrogen and oxygen atoms in total. The van der Waals surface area contributed by atoms with Gasteiger partial charge in [0.05, 0.1) is 17.1 Å². The fourth-order valence-electron chi connectivity index (χ4n) is 4.72. The Kier molecular flexibility index (Phi) is 7.37. The van der Waals surface area contributed by atoms with Crippen LogP contribution in [0.25, 0.3) is 11.0 Å². The van der Waals surface area contributed by atoms with E-state index in [1.54, 1.807) is 35.4 Å². The van der Waals surface area contributed by atoms with Crippen LogP contribution < -0.4 is 10.1 Å². The zero-order valence-corrected chi connectivity index (χ0v) is 21.7. The molecule has 2 aromatic carbocycles. The second-order valence-corrected chi connectivity index (χ2v) is 9.54. The molecule has 1 saturated heterocycles. The average Bonchev–Trinajstić information content (AvgIpc) is 3.11. The summed E-state index contributed by atoms with van der Waals surface area (Å²) >= 11 is 6.93. The van der Waals surface area contributed by atoms with E-state index in [0.717, 1.165) is 24.8 Å². The monoisotopic (exact) mass is 530 g/mol. The molecule has 1 aliphatic rings. The smallest absolute Gasteiger partial charge is 0.257 e. The molecule has 0 bridgehead atoms. The third-order valence-electron chi connectivity index (χ3n) is 6.53. The fraction of sp³-hybridized carbons (Fsp3) is 0.250. The second-order valence-electron chi connectivity index (χ2n) is 9.16. The van der Waals surface area contributed by atoms with Crippen LogP contribution in [0.1, 0.15) is 41.2 Å². The summed E-state index contributed by atoms with van der Waals surface area (Å²) < 4.78 is 7.87. The van der Waals surface area contributed by atoms with Gasteiger partial charge in [0.2, 0.25) is 17.7 Å². The number of aryl methyl sites for hydroxylation is 1. The van der Waals surface area contributed by atoms with Gasteiger partial charge >= 0.3 is 0 Å². The molecule has 10 heteroatoms. The summed E-state index contributed by atoms with van der Waals surface area (Å²) in [7, 11) is 0. The molecular formula is C28H27ClN6O3. The third-order valence-corrected chi connectivity index (χ3v) is 6.89. The van der Waals surface area contributed by atoms with Gasteiger partial charge in [-0.15, -0.1) is 0 Å². The first-order chi connectivity index (χ1) is 18.4. The molecule has 3 heterocycles. The van der Waals surface area contributed by atoms with Crippen molar-refractivity contribution in [3.8, 4) is 11.6 Å². The van der Waals surface area contributed by atoms with E-state index in [1.807, 2.05) is 29.7 Å². The maximum Gasteiger partial charge on any atom is 0.257 e. The molecule has 38 heavy (non-hydrogen) atoms. The van der Waals surface area contributed by atoms with Gasteiger partial charge in [0, 0.05) is 30.9 Å². The largest absolute Gasteiger partial charge is 0.437 e. The van der Waals surface area contributed by atoms with Gasteiger partial charge in [-0.05, 0) is 56.5 Å². The number of halogens is 1. The number of ether oxygens (including phenoxy) is 1. The number of benzene rings is 2. The highest BCUT2D eigenvalue weighted by molar-refractivity contribution is 6.36. The molecule has 194 valence electrons. The number of carbonyl (C=O) groups is 2. The van der Waals surface area contributed by atoms with E-state index in [-0.39, 0.29) is 17.9 Å². The summed E-state index contributed by atoms with van der Waals surface area (Å²) in [6.07, 6.45) is 6.83. The van der Waals surface area contributed by atoms with Crippen LogP contribution in [0, 0.1) is 6.92 Å². The Hall–Kier alpha value is -4.24. The first-order valence-electron chi connectivity index (χ1n) is 12.4. The van der Waals surface area contributed by atoms with Crippen molar-refractivity contribution in [3.63, 3.8) is 0 Å². The van der Waals surface area contributed by atoms with E-state index >= 15 is 0 Å². The molecule has 0 radical (unpaired) electrons. The topological polar surface area (TPSA) is 102 Å². The molecule has 5 rings (SSSR count). The highest BCUT2D eigenvalue weighted by Crippen LogP contribution is 2.39. The van der Waals surface area contributed by atoms with Gasteiger partial charge in [-0.2, -0.15) is 0 Å². The zero-order valence-electron chi connectivity index (χ0n) is 20.9. The number of rotatable bonds is 6. The lowest BCUT2D eigenvalue weighted by Crippen LogP contribution is -2.34. The van der Waals surface area contributed by atoms with Gasteiger partial charge in [-0.1, -0.05) is 35.9 Å². The van der Waals surface area contributed by atoms with Crippen LogP contribution >= 0.6 is 11.6 Å². The highest BCUT2D eigenvalue weighted by Gasteiger charge is 2.28. The van der Waals surface area contributed by atoms with Crippen molar-refractivity contribution in [2.45, 2.75) is 32.2 Å². The minimum Gasteiger partial charge on any atom is -0.437 e. The lowest BCUT2D eigenvalue weighted by atomic mass is 10.1. The molecule has 4 aromatic rings. The van der Waals surface area contributed by atoms with Crippen LogP contribution in [0.2, 0.25) is 5.02 Å². The lowest BCUT2D eigenvalue weighted by Gasteiger charge is -2.26. The van der Waals surface area contributed by atoms with Crippen molar-refractivity contribution in [3.05, 3.63) is 83.8 Å². The fourth-order valence-corrected chi connectivity index (χ4v) is 5.01. The number of fused-ring (bicyclic) bond motifs is 1. The molecule has 0 unspecified atom stereocenters. The van der Waals surface area contributed by atoms with Gasteiger partial charge in [0.15, 0.2) is 0 Å². The molecule has 0 spiro atoms. The van der Waals surface area contributed by atoms with E-state index in [9.17, 15) is 9.59 Å². The van der Waals surface area contributed by atoms with Crippen LogP contribution in [-0.4, -0.2) is 49.3 Å². The molecule has 1 fully saturated rings. The van der Waals surface area contributed by atoms with E-state index in [4.69, 9.17) is 21.3 Å². The number of likely N-dealkylation sites (tertiary alicyclic amines) is 1. The predicted octanol–water partition coefficient (Wildman–Crippen LogP) is 5.57. The lowest BCUT2D eigenvalue weighted by molar-refractivity contribution is -0.126. The zero-order chi connectivity index (χ0) is 26.6. The molecule has 0 saturated carbocycles. The van der Waals surface area contributed by atoms with Crippen molar-refractivity contribution >= 4 is 40.4 Å². The summed E-state index contributed by atoms with van der Waals surface area (Å²) in [4.78, 5) is 40.4. The SMILES string of the molecule is C=CC(=O)N1CCCC[C@@H](n2c(NC(=O)c3cccc(C)c3)nc3ccc(Oc4ccncn4)c(Cl)c32)C1. The maximum atomic E-state index is 13.2. The van der Waals surface area contributed by atoms with Crippen molar-refractivity contribution in [1.82, 2.24) is 24.4 Å². The van der Waals surface area contributed by atoms with E-state index in [1.165, 1.54) is 12.4 Å². The minimum atomic E-state index is -0.286. The maximum absolute atomic E-state index is 13.2. The standard InChI is InChI=1S/C28H27ClN6O3/c1-3-24(36)34-14-5-4-9-20(16-34)35-26-21(10-11-22(25(26)29)38-23-12-13-30-17-31-23)32-28(35)33-27(37)19-8-6-7-18(2)15-19/h3,6-8,10-13,15,17,20H,1,4-5,9,14,16H2,2H3,(H,32,33,37)/t20-/m1/s1. The molecule has 2 amide bonds. The number of nitrogens with zero attached hydrogens (tertiary/aromatic N) is 5. The Labute approximate surface area is 225 Å². The van der Waals surface area contributed by atoms with Crippen LogP contribution in [0.5, 0.6) is 11.6 Å². The number of anilines is 1. The minimum absolute atomic E-state index is 0.134. The Morgan fingerprint density at radius 2 is 2.08 bits per heavy atom. The summed E-state index contributed by atoms with van der Waals surface area (Å²) in [5, 5.41) is 3.31.